The van der Waals surface area contributed by atoms with Crippen LogP contribution in [-0.2, 0) is 14.3 Å². The van der Waals surface area contributed by atoms with Gasteiger partial charge in [0.1, 0.15) is 6.29 Å². The van der Waals surface area contributed by atoms with E-state index in [1.54, 1.807) is 33.1 Å². The molecule has 26 heavy (non-hydrogen) atoms. The molecular weight excluding hydrogens is 328 g/mol. The van der Waals surface area contributed by atoms with E-state index in [0.717, 1.165) is 11.8 Å². The van der Waals surface area contributed by atoms with E-state index in [4.69, 9.17) is 9.47 Å². The van der Waals surface area contributed by atoms with Gasteiger partial charge in [0, 0.05) is 18.2 Å². The minimum absolute atomic E-state index is 0.189. The van der Waals surface area contributed by atoms with Crippen LogP contribution >= 0.6 is 0 Å². The normalized spacial score (nSPS) is 12.5. The van der Waals surface area contributed by atoms with Gasteiger partial charge in [0.15, 0.2) is 0 Å². The molecule has 0 aliphatic carbocycles. The highest BCUT2D eigenvalue weighted by Gasteiger charge is 2.17. The molecule has 4 nitrogen and oxygen atoms in total. The van der Waals surface area contributed by atoms with Crippen LogP contribution < -0.4 is 0 Å². The van der Waals surface area contributed by atoms with Crippen LogP contribution in [-0.4, -0.2) is 25.5 Å². The maximum Gasteiger partial charge on any atom is 0.333 e. The standard InChI is InChI=1S/C18H24O4.2C2H6/c1-5-13(2)18(20)22-14(3)10-11-17(21-4)16-9-7-6-8-15(16)12-19;2*1-2/h5-9,12,14,17H,10-11H2,1-4H3;2*1-2H3/b13-5-;;. The minimum Gasteiger partial charge on any atom is -0.459 e. The Labute approximate surface area is 159 Å². The third-order valence-electron chi connectivity index (χ3n) is 3.65. The summed E-state index contributed by atoms with van der Waals surface area (Å²) in [5.41, 5.74) is 2.09. The van der Waals surface area contributed by atoms with Gasteiger partial charge in [-0.2, -0.15) is 0 Å². The molecule has 0 saturated carbocycles. The van der Waals surface area contributed by atoms with Crippen LogP contribution in [0.5, 0.6) is 0 Å². The Morgan fingerprint density at radius 1 is 1.12 bits per heavy atom. The van der Waals surface area contributed by atoms with Crippen molar-refractivity contribution >= 4 is 12.3 Å². The average molecular weight is 365 g/mol. The van der Waals surface area contributed by atoms with Crippen molar-refractivity contribution in [1.29, 1.82) is 0 Å². The fourth-order valence-electron chi connectivity index (χ4n) is 2.15. The number of carbonyl (C=O) groups excluding carboxylic acids is 2. The van der Waals surface area contributed by atoms with E-state index >= 15 is 0 Å². The molecule has 148 valence electrons. The zero-order valence-corrected chi connectivity index (χ0v) is 17.7. The molecule has 0 aromatic heterocycles. The van der Waals surface area contributed by atoms with Crippen molar-refractivity contribution in [3.8, 4) is 0 Å². The van der Waals surface area contributed by atoms with Gasteiger partial charge in [-0.1, -0.05) is 58.0 Å². The molecule has 1 aromatic rings. The predicted molar refractivity (Wildman–Crippen MR) is 108 cm³/mol. The first-order valence-electron chi connectivity index (χ1n) is 9.44. The SMILES string of the molecule is C/C=C(/C)C(=O)OC(C)CCC(OC)c1ccccc1C=O.CC.CC. The van der Waals surface area contributed by atoms with Crippen molar-refractivity contribution in [2.45, 2.75) is 73.5 Å². The van der Waals surface area contributed by atoms with Gasteiger partial charge < -0.3 is 9.47 Å². The number of esters is 1. The Morgan fingerprint density at radius 2 is 1.69 bits per heavy atom. The Bertz CT molecular complexity index is 535. The molecule has 0 aliphatic heterocycles. The number of ether oxygens (including phenoxy) is 2. The lowest BCUT2D eigenvalue weighted by molar-refractivity contribution is -0.144. The lowest BCUT2D eigenvalue weighted by Crippen LogP contribution is -2.17. The third kappa shape index (κ3) is 9.52. The molecule has 2 atom stereocenters. The number of methoxy groups -OCH3 is 1. The first-order chi connectivity index (χ1) is 12.5. The Morgan fingerprint density at radius 3 is 2.19 bits per heavy atom. The van der Waals surface area contributed by atoms with E-state index in [0.29, 0.717) is 24.0 Å². The van der Waals surface area contributed by atoms with Crippen LogP contribution in [0.15, 0.2) is 35.9 Å². The van der Waals surface area contributed by atoms with E-state index < -0.39 is 0 Å². The van der Waals surface area contributed by atoms with Gasteiger partial charge in [0.05, 0.1) is 12.2 Å². The largest absolute Gasteiger partial charge is 0.459 e. The highest BCUT2D eigenvalue weighted by molar-refractivity contribution is 5.87. The molecule has 0 amide bonds. The summed E-state index contributed by atoms with van der Waals surface area (Å²) < 4.78 is 10.9. The third-order valence-corrected chi connectivity index (χ3v) is 3.65. The second-order valence-electron chi connectivity index (χ2n) is 5.24. The van der Waals surface area contributed by atoms with Gasteiger partial charge in [-0.25, -0.2) is 4.79 Å². The molecule has 0 heterocycles. The van der Waals surface area contributed by atoms with Crippen molar-refractivity contribution in [1.82, 2.24) is 0 Å². The van der Waals surface area contributed by atoms with Gasteiger partial charge >= 0.3 is 5.97 Å². The number of carbonyl (C=O) groups is 2. The lowest BCUT2D eigenvalue weighted by Gasteiger charge is -2.20. The van der Waals surface area contributed by atoms with E-state index in [1.165, 1.54) is 0 Å². The number of allylic oxidation sites excluding steroid dienone is 1. The van der Waals surface area contributed by atoms with Crippen LogP contribution in [0.1, 0.15) is 83.3 Å². The number of benzene rings is 1. The maximum absolute atomic E-state index is 11.7. The zero-order valence-electron chi connectivity index (χ0n) is 17.7. The van der Waals surface area contributed by atoms with Crippen LogP contribution in [0, 0.1) is 0 Å². The van der Waals surface area contributed by atoms with Crippen molar-refractivity contribution in [2.24, 2.45) is 0 Å². The number of hydrogen-bond acceptors (Lipinski definition) is 4. The topological polar surface area (TPSA) is 52.6 Å². The molecular formula is C22H36O4. The van der Waals surface area contributed by atoms with E-state index in [2.05, 4.69) is 0 Å². The molecule has 0 bridgehead atoms. The summed E-state index contributed by atoms with van der Waals surface area (Å²) in [7, 11) is 1.62. The minimum atomic E-state index is -0.294. The summed E-state index contributed by atoms with van der Waals surface area (Å²) in [4.78, 5) is 22.8. The second kappa shape index (κ2) is 16.5. The van der Waals surface area contributed by atoms with Crippen molar-refractivity contribution < 1.29 is 19.1 Å². The molecule has 0 aliphatic rings. The molecule has 1 aromatic carbocycles. The molecule has 0 radical (unpaired) electrons. The number of rotatable bonds is 8. The van der Waals surface area contributed by atoms with Gasteiger partial charge in [0.25, 0.3) is 0 Å². The smallest absolute Gasteiger partial charge is 0.333 e. The molecule has 2 unspecified atom stereocenters. The monoisotopic (exact) mass is 364 g/mol. The highest BCUT2D eigenvalue weighted by Crippen LogP contribution is 2.25. The first-order valence-corrected chi connectivity index (χ1v) is 9.44. The molecule has 0 fully saturated rings. The summed E-state index contributed by atoms with van der Waals surface area (Å²) in [6, 6.07) is 7.36. The second-order valence-corrected chi connectivity index (χ2v) is 5.24. The van der Waals surface area contributed by atoms with Gasteiger partial charge in [-0.05, 0) is 39.2 Å². The van der Waals surface area contributed by atoms with Crippen molar-refractivity contribution in [2.75, 3.05) is 7.11 Å². The van der Waals surface area contributed by atoms with Crippen LogP contribution in [0.2, 0.25) is 0 Å². The van der Waals surface area contributed by atoms with Gasteiger partial charge in [0.2, 0.25) is 0 Å². The number of aldehydes is 1. The fraction of sp³-hybridized carbons (Fsp3) is 0.545. The lowest BCUT2D eigenvalue weighted by atomic mass is 9.98. The Balaban J connectivity index is 0. The van der Waals surface area contributed by atoms with Crippen molar-refractivity contribution in [3.05, 3.63) is 47.0 Å². The molecule has 0 saturated heterocycles. The van der Waals surface area contributed by atoms with Crippen LogP contribution in [0.4, 0.5) is 0 Å². The summed E-state index contributed by atoms with van der Waals surface area (Å²) in [5.74, 6) is -0.294. The highest BCUT2D eigenvalue weighted by atomic mass is 16.5. The maximum atomic E-state index is 11.7. The van der Waals surface area contributed by atoms with Gasteiger partial charge in [-0.15, -0.1) is 0 Å². The summed E-state index contributed by atoms with van der Waals surface area (Å²) >= 11 is 0. The number of hydrogen-bond donors (Lipinski definition) is 0. The molecule has 1 rings (SSSR count). The molecule has 0 N–H and O–H groups in total. The summed E-state index contributed by atoms with van der Waals surface area (Å²) in [6.07, 6.45) is 3.50. The van der Waals surface area contributed by atoms with Gasteiger partial charge in [-0.3, -0.25) is 4.79 Å². The van der Waals surface area contributed by atoms with Crippen molar-refractivity contribution in [3.63, 3.8) is 0 Å². The summed E-state index contributed by atoms with van der Waals surface area (Å²) in [5, 5.41) is 0. The molecule has 4 heteroatoms. The Hall–Kier alpha value is -1.94. The Kier molecular flexibility index (Phi) is 16.7. The fourth-order valence-corrected chi connectivity index (χ4v) is 2.15. The molecule has 0 spiro atoms. The predicted octanol–water partition coefficient (Wildman–Crippen LogP) is 5.92. The first kappa shape index (κ1) is 26.3. The average Bonchev–Trinajstić information content (AvgIpc) is 2.71. The quantitative estimate of drug-likeness (QED) is 0.326. The zero-order chi connectivity index (χ0) is 20.5. The van der Waals surface area contributed by atoms with Crippen LogP contribution in [0.3, 0.4) is 0 Å². The van der Waals surface area contributed by atoms with Crippen LogP contribution in [0.25, 0.3) is 0 Å². The van der Waals surface area contributed by atoms with E-state index in [1.807, 2.05) is 52.8 Å². The van der Waals surface area contributed by atoms with E-state index in [9.17, 15) is 9.59 Å². The van der Waals surface area contributed by atoms with E-state index in [-0.39, 0.29) is 18.2 Å². The summed E-state index contributed by atoms with van der Waals surface area (Å²) in [6.45, 7) is 13.4.